The second kappa shape index (κ2) is 7.33. The van der Waals surface area contributed by atoms with E-state index in [2.05, 4.69) is 18.5 Å². The molecule has 1 aliphatic carbocycles. The van der Waals surface area contributed by atoms with Crippen LogP contribution in [0, 0.1) is 5.92 Å². The molecule has 1 heterocycles. The Labute approximate surface area is 156 Å². The van der Waals surface area contributed by atoms with E-state index in [4.69, 9.17) is 14.2 Å². The lowest BCUT2D eigenvalue weighted by molar-refractivity contribution is -0.170. The van der Waals surface area contributed by atoms with Crippen molar-refractivity contribution in [2.45, 2.75) is 89.1 Å². The van der Waals surface area contributed by atoms with Gasteiger partial charge >= 0.3 is 6.09 Å². The van der Waals surface area contributed by atoms with Gasteiger partial charge in [0.1, 0.15) is 11.7 Å². The third-order valence-corrected chi connectivity index (χ3v) is 4.85. The summed E-state index contributed by atoms with van der Waals surface area (Å²) in [5, 5.41) is 14.1. The molecule has 4 atom stereocenters. The molecule has 0 bridgehead atoms. The summed E-state index contributed by atoms with van der Waals surface area (Å²) in [5.74, 6) is -0.990. The quantitative estimate of drug-likeness (QED) is 0.705. The molecule has 148 valence electrons. The topological polar surface area (TPSA) is 77.0 Å². The van der Waals surface area contributed by atoms with Crippen molar-refractivity contribution in [2.24, 2.45) is 5.92 Å². The maximum Gasteiger partial charge on any atom is 0.407 e. The highest BCUT2D eigenvalue weighted by Crippen LogP contribution is 2.47. The van der Waals surface area contributed by atoms with Gasteiger partial charge in [-0.25, -0.2) is 4.79 Å². The number of amides is 1. The lowest BCUT2D eigenvalue weighted by Crippen LogP contribution is -2.45. The molecule has 6 nitrogen and oxygen atoms in total. The van der Waals surface area contributed by atoms with Crippen LogP contribution in [0.2, 0.25) is 0 Å². The van der Waals surface area contributed by atoms with Crippen molar-refractivity contribution in [2.75, 3.05) is 0 Å². The van der Waals surface area contributed by atoms with Crippen molar-refractivity contribution < 1.29 is 24.1 Å². The first kappa shape index (κ1) is 20.9. The molecule has 1 saturated heterocycles. The molecule has 0 spiro atoms. The smallest absolute Gasteiger partial charge is 0.407 e. The number of nitrogens with one attached hydrogen (secondary N) is 1. The van der Waals surface area contributed by atoms with Gasteiger partial charge < -0.3 is 24.6 Å². The zero-order valence-corrected chi connectivity index (χ0v) is 16.6. The normalized spacial score (nSPS) is 30.5. The minimum Gasteiger partial charge on any atom is -0.444 e. The summed E-state index contributed by atoms with van der Waals surface area (Å²) in [5.41, 5.74) is -1.62. The summed E-state index contributed by atoms with van der Waals surface area (Å²) in [6.07, 6.45) is 3.60. The van der Waals surface area contributed by atoms with Crippen LogP contribution in [0.3, 0.4) is 0 Å². The summed E-state index contributed by atoms with van der Waals surface area (Å²) in [6.45, 7) is 16.7. The first-order valence-electron chi connectivity index (χ1n) is 9.20. The van der Waals surface area contributed by atoms with Crippen LogP contribution in [0.5, 0.6) is 0 Å². The van der Waals surface area contributed by atoms with Gasteiger partial charge in [0.2, 0.25) is 0 Å². The van der Waals surface area contributed by atoms with Crippen LogP contribution in [0.15, 0.2) is 25.3 Å². The van der Waals surface area contributed by atoms with Gasteiger partial charge in [0.25, 0.3) is 0 Å². The van der Waals surface area contributed by atoms with Gasteiger partial charge in [-0.15, -0.1) is 13.2 Å². The van der Waals surface area contributed by atoms with Crippen molar-refractivity contribution in [3.8, 4) is 0 Å². The highest BCUT2D eigenvalue weighted by molar-refractivity contribution is 5.68. The van der Waals surface area contributed by atoms with Gasteiger partial charge in [-0.3, -0.25) is 0 Å². The highest BCUT2D eigenvalue weighted by Gasteiger charge is 2.59. The Hall–Kier alpha value is -1.37. The Morgan fingerprint density at radius 3 is 2.27 bits per heavy atom. The van der Waals surface area contributed by atoms with E-state index in [1.165, 1.54) is 0 Å². The molecule has 2 N–H and O–H groups in total. The molecule has 0 aromatic rings. The first-order valence-corrected chi connectivity index (χ1v) is 9.20. The maximum absolute atomic E-state index is 12.2. The van der Waals surface area contributed by atoms with Crippen LogP contribution in [0.1, 0.15) is 53.9 Å². The van der Waals surface area contributed by atoms with Crippen LogP contribution < -0.4 is 5.32 Å². The monoisotopic (exact) mass is 367 g/mol. The van der Waals surface area contributed by atoms with Gasteiger partial charge in [0, 0.05) is 5.92 Å². The standard InChI is InChI=1S/C20H33NO5/c1-8-10-20(23,11-9-2)13-12-14(21-17(22)26-18(3,4)5)16-15(13)24-19(6,7)25-16/h8-9,13-16,23H,1-2,10-12H2,3-7H3,(H,21,22)/t13-,14?,15+,16-/m0/s1. The zero-order valence-electron chi connectivity index (χ0n) is 16.6. The number of aliphatic hydroxyl groups is 1. The number of fused-ring (bicyclic) bond motifs is 1. The number of carbonyl (C=O) groups excluding carboxylic acids is 1. The molecule has 2 fully saturated rings. The Balaban J connectivity index is 2.22. The average molecular weight is 367 g/mol. The molecule has 1 aliphatic heterocycles. The lowest BCUT2D eigenvalue weighted by atomic mass is 9.79. The van der Waals surface area contributed by atoms with Crippen molar-refractivity contribution in [1.82, 2.24) is 5.32 Å². The average Bonchev–Trinajstić information content (AvgIpc) is 2.92. The van der Waals surface area contributed by atoms with Crippen molar-refractivity contribution in [3.05, 3.63) is 25.3 Å². The molecule has 26 heavy (non-hydrogen) atoms. The molecule has 1 unspecified atom stereocenters. The molecule has 0 radical (unpaired) electrons. The van der Waals surface area contributed by atoms with Crippen LogP contribution in [-0.4, -0.2) is 46.4 Å². The number of alkyl carbamates (subject to hydrolysis) is 1. The molecule has 6 heteroatoms. The molecular weight excluding hydrogens is 334 g/mol. The predicted molar refractivity (Wildman–Crippen MR) is 99.7 cm³/mol. The number of hydrogen-bond donors (Lipinski definition) is 2. The van der Waals surface area contributed by atoms with Crippen molar-refractivity contribution in [3.63, 3.8) is 0 Å². The lowest BCUT2D eigenvalue weighted by Gasteiger charge is -2.36. The summed E-state index contributed by atoms with van der Waals surface area (Å²) in [7, 11) is 0. The summed E-state index contributed by atoms with van der Waals surface area (Å²) >= 11 is 0. The van der Waals surface area contributed by atoms with Gasteiger partial charge in [0.15, 0.2) is 5.79 Å². The number of rotatable bonds is 6. The Morgan fingerprint density at radius 2 is 1.77 bits per heavy atom. The molecule has 2 aliphatic rings. The summed E-state index contributed by atoms with van der Waals surface area (Å²) in [6, 6.07) is -0.303. The van der Waals surface area contributed by atoms with E-state index in [9.17, 15) is 9.90 Å². The third-order valence-electron chi connectivity index (χ3n) is 4.85. The van der Waals surface area contributed by atoms with E-state index >= 15 is 0 Å². The summed E-state index contributed by atoms with van der Waals surface area (Å²) < 4.78 is 17.5. The van der Waals surface area contributed by atoms with E-state index in [0.29, 0.717) is 19.3 Å². The van der Waals surface area contributed by atoms with Crippen molar-refractivity contribution in [1.29, 1.82) is 0 Å². The Kier molecular flexibility index (Phi) is 5.90. The Bertz CT molecular complexity index is 541. The molecule has 1 amide bonds. The van der Waals surface area contributed by atoms with E-state index in [1.54, 1.807) is 12.2 Å². The maximum atomic E-state index is 12.2. The van der Waals surface area contributed by atoms with Crippen molar-refractivity contribution >= 4 is 6.09 Å². The minimum atomic E-state index is -1.04. The second-order valence-corrected chi connectivity index (χ2v) is 8.75. The SMILES string of the molecule is C=CCC(O)(CC=C)[C@H]1CC(NC(=O)OC(C)(C)C)[C@@H]2OC(C)(C)O[C@@H]21. The van der Waals surface area contributed by atoms with Gasteiger partial charge in [-0.2, -0.15) is 0 Å². The number of carbonyl (C=O) groups is 1. The van der Waals surface area contributed by atoms with Gasteiger partial charge in [-0.1, -0.05) is 12.2 Å². The molecule has 2 rings (SSSR count). The van der Waals surface area contributed by atoms with E-state index in [0.717, 1.165) is 0 Å². The molecule has 0 aromatic heterocycles. The summed E-state index contributed by atoms with van der Waals surface area (Å²) in [4.78, 5) is 12.2. The second-order valence-electron chi connectivity index (χ2n) is 8.75. The van der Waals surface area contributed by atoms with Gasteiger partial charge in [-0.05, 0) is 53.9 Å². The van der Waals surface area contributed by atoms with E-state index in [1.807, 2.05) is 34.6 Å². The van der Waals surface area contributed by atoms with Crippen LogP contribution in [-0.2, 0) is 14.2 Å². The molecular formula is C20H33NO5. The fourth-order valence-electron chi connectivity index (χ4n) is 3.99. The van der Waals surface area contributed by atoms with Gasteiger partial charge in [0.05, 0.1) is 17.7 Å². The predicted octanol–water partition coefficient (Wildman–Crippen LogP) is 3.30. The Morgan fingerprint density at radius 1 is 1.23 bits per heavy atom. The largest absolute Gasteiger partial charge is 0.444 e. The molecule has 1 saturated carbocycles. The zero-order chi connectivity index (χ0) is 19.8. The van der Waals surface area contributed by atoms with E-state index in [-0.39, 0.29) is 24.2 Å². The fraction of sp³-hybridized carbons (Fsp3) is 0.750. The number of hydrogen-bond acceptors (Lipinski definition) is 5. The van der Waals surface area contributed by atoms with Crippen LogP contribution in [0.4, 0.5) is 4.79 Å². The first-order chi connectivity index (χ1) is 11.9. The highest BCUT2D eigenvalue weighted by atomic mass is 16.8. The number of ether oxygens (including phenoxy) is 3. The minimum absolute atomic E-state index is 0.217. The van der Waals surface area contributed by atoms with Crippen LogP contribution >= 0.6 is 0 Å². The molecule has 0 aromatic carbocycles. The third kappa shape index (κ3) is 4.67. The fourth-order valence-corrected chi connectivity index (χ4v) is 3.99. The van der Waals surface area contributed by atoms with E-state index < -0.39 is 23.1 Å². The van der Waals surface area contributed by atoms with Crippen LogP contribution in [0.25, 0.3) is 0 Å².